The van der Waals surface area contributed by atoms with Gasteiger partial charge in [-0.2, -0.15) is 0 Å². The van der Waals surface area contributed by atoms with Gasteiger partial charge in [0.15, 0.2) is 11.6 Å². The van der Waals surface area contributed by atoms with Crippen LogP contribution in [0, 0.1) is 5.92 Å². The van der Waals surface area contributed by atoms with Gasteiger partial charge in [0.05, 0.1) is 0 Å². The van der Waals surface area contributed by atoms with Crippen molar-refractivity contribution in [3.63, 3.8) is 0 Å². The third-order valence-corrected chi connectivity index (χ3v) is 6.86. The van der Waals surface area contributed by atoms with Gasteiger partial charge in [0, 0.05) is 39.5 Å². The molecular formula is C25H23BrClNO2. The van der Waals surface area contributed by atoms with E-state index >= 15 is 0 Å². The summed E-state index contributed by atoms with van der Waals surface area (Å²) >= 11 is 9.47. The molecule has 0 unspecified atom stereocenters. The van der Waals surface area contributed by atoms with Crippen LogP contribution in [-0.4, -0.2) is 36.1 Å². The Balaban J connectivity index is 1.34. The predicted molar refractivity (Wildman–Crippen MR) is 126 cm³/mol. The molecule has 0 saturated carbocycles. The fourth-order valence-electron chi connectivity index (χ4n) is 4.16. The van der Waals surface area contributed by atoms with Crippen LogP contribution in [0.5, 0.6) is 0 Å². The Morgan fingerprint density at radius 3 is 2.30 bits per heavy atom. The number of carbonyl (C=O) groups excluding carboxylic acids is 2. The van der Waals surface area contributed by atoms with Crippen LogP contribution in [0.4, 0.5) is 0 Å². The fourth-order valence-corrected chi connectivity index (χ4v) is 4.76. The van der Waals surface area contributed by atoms with Crippen LogP contribution in [0.2, 0.25) is 5.02 Å². The molecule has 1 aliphatic heterocycles. The number of piperidine rings is 1. The Labute approximate surface area is 190 Å². The number of benzene rings is 3. The Morgan fingerprint density at radius 2 is 1.60 bits per heavy atom. The van der Waals surface area contributed by atoms with Crippen molar-refractivity contribution >= 4 is 49.9 Å². The summed E-state index contributed by atoms with van der Waals surface area (Å²) in [7, 11) is 0. The predicted octanol–water partition coefficient (Wildman–Crippen LogP) is 6.42. The molecule has 1 aliphatic rings. The number of hydrogen-bond donors (Lipinski definition) is 0. The number of carbonyl (C=O) groups is 2. The number of likely N-dealkylation sites (tertiary alicyclic amines) is 1. The zero-order valence-corrected chi connectivity index (χ0v) is 19.0. The first kappa shape index (κ1) is 21.2. The van der Waals surface area contributed by atoms with Crippen LogP contribution < -0.4 is 0 Å². The molecule has 0 amide bonds. The van der Waals surface area contributed by atoms with Gasteiger partial charge in [-0.3, -0.25) is 9.59 Å². The second-order valence-electron chi connectivity index (χ2n) is 7.80. The topological polar surface area (TPSA) is 37.4 Å². The number of hydrogen-bond acceptors (Lipinski definition) is 3. The van der Waals surface area contributed by atoms with Gasteiger partial charge in [-0.15, -0.1) is 0 Å². The molecular weight excluding hydrogens is 462 g/mol. The van der Waals surface area contributed by atoms with Crippen molar-refractivity contribution in [3.05, 3.63) is 81.3 Å². The standard InChI is InChI=1S/C25H23BrClNO2/c26-23-10-9-22(20-3-1-2-4-21(20)23)25(30)18-11-14-28(15-12-18)16-13-24(29)17-5-7-19(27)8-6-17/h1-10,18H,11-16H2. The molecule has 1 fully saturated rings. The zero-order chi connectivity index (χ0) is 21.1. The van der Waals surface area contributed by atoms with E-state index in [1.54, 1.807) is 24.3 Å². The number of nitrogens with zero attached hydrogens (tertiary/aromatic N) is 1. The number of fused-ring (bicyclic) bond motifs is 1. The lowest BCUT2D eigenvalue weighted by Gasteiger charge is -2.31. The van der Waals surface area contributed by atoms with E-state index in [4.69, 9.17) is 11.6 Å². The molecule has 0 radical (unpaired) electrons. The number of rotatable bonds is 6. The van der Waals surface area contributed by atoms with Gasteiger partial charge in [0.2, 0.25) is 0 Å². The molecule has 1 heterocycles. The Kier molecular flexibility index (Phi) is 6.67. The summed E-state index contributed by atoms with van der Waals surface area (Å²) in [4.78, 5) is 27.9. The Bertz CT molecular complexity index is 1070. The lowest BCUT2D eigenvalue weighted by molar-refractivity contribution is 0.0824. The van der Waals surface area contributed by atoms with Crippen LogP contribution in [-0.2, 0) is 0 Å². The fraction of sp³-hybridized carbons (Fsp3) is 0.280. The van der Waals surface area contributed by atoms with Gasteiger partial charge in [0.25, 0.3) is 0 Å². The van der Waals surface area contributed by atoms with Crippen molar-refractivity contribution in [1.29, 1.82) is 0 Å². The van der Waals surface area contributed by atoms with Gasteiger partial charge < -0.3 is 4.90 Å². The summed E-state index contributed by atoms with van der Waals surface area (Å²) < 4.78 is 1.01. The highest BCUT2D eigenvalue weighted by Crippen LogP contribution is 2.30. The average molecular weight is 485 g/mol. The Morgan fingerprint density at radius 1 is 0.933 bits per heavy atom. The van der Waals surface area contributed by atoms with E-state index in [1.807, 2.05) is 36.4 Å². The smallest absolute Gasteiger partial charge is 0.166 e. The zero-order valence-electron chi connectivity index (χ0n) is 16.6. The van der Waals surface area contributed by atoms with Crippen molar-refractivity contribution in [3.8, 4) is 0 Å². The first-order chi connectivity index (χ1) is 14.5. The number of ketones is 2. The van der Waals surface area contributed by atoms with E-state index in [1.165, 1.54) is 0 Å². The number of halogens is 2. The van der Waals surface area contributed by atoms with Crippen LogP contribution in [0.3, 0.4) is 0 Å². The van der Waals surface area contributed by atoms with Gasteiger partial charge in [-0.1, -0.05) is 51.8 Å². The molecule has 3 aromatic rings. The second-order valence-corrected chi connectivity index (χ2v) is 9.09. The van der Waals surface area contributed by atoms with E-state index in [0.29, 0.717) is 17.0 Å². The van der Waals surface area contributed by atoms with Crippen molar-refractivity contribution in [2.45, 2.75) is 19.3 Å². The summed E-state index contributed by atoms with van der Waals surface area (Å²) in [6.07, 6.45) is 2.15. The third kappa shape index (κ3) is 4.66. The molecule has 154 valence electrons. The van der Waals surface area contributed by atoms with E-state index in [0.717, 1.165) is 53.3 Å². The molecule has 0 spiro atoms. The first-order valence-corrected chi connectivity index (χ1v) is 11.4. The Hall–Kier alpha value is -2.01. The van der Waals surface area contributed by atoms with Crippen molar-refractivity contribution in [2.24, 2.45) is 5.92 Å². The van der Waals surface area contributed by atoms with Gasteiger partial charge in [-0.05, 0) is 73.1 Å². The summed E-state index contributed by atoms with van der Waals surface area (Å²) in [5.41, 5.74) is 1.51. The monoisotopic (exact) mass is 483 g/mol. The second kappa shape index (κ2) is 9.42. The van der Waals surface area contributed by atoms with Gasteiger partial charge in [-0.25, -0.2) is 0 Å². The molecule has 30 heavy (non-hydrogen) atoms. The molecule has 0 aliphatic carbocycles. The van der Waals surface area contributed by atoms with Crippen LogP contribution in [0.1, 0.15) is 40.0 Å². The van der Waals surface area contributed by atoms with Crippen LogP contribution in [0.25, 0.3) is 10.8 Å². The van der Waals surface area contributed by atoms with Gasteiger partial charge >= 0.3 is 0 Å². The first-order valence-electron chi connectivity index (χ1n) is 10.3. The maximum Gasteiger partial charge on any atom is 0.166 e. The molecule has 0 aromatic heterocycles. The maximum atomic E-state index is 13.2. The lowest BCUT2D eigenvalue weighted by atomic mass is 9.87. The lowest BCUT2D eigenvalue weighted by Crippen LogP contribution is -2.37. The van der Waals surface area contributed by atoms with Crippen LogP contribution >= 0.6 is 27.5 Å². The maximum absolute atomic E-state index is 13.2. The molecule has 0 atom stereocenters. The molecule has 0 bridgehead atoms. The van der Waals surface area contributed by atoms with Crippen molar-refractivity contribution in [1.82, 2.24) is 4.90 Å². The molecule has 3 aromatic carbocycles. The van der Waals surface area contributed by atoms with Crippen molar-refractivity contribution < 1.29 is 9.59 Å². The molecule has 1 saturated heterocycles. The van der Waals surface area contributed by atoms with Crippen molar-refractivity contribution in [2.75, 3.05) is 19.6 Å². The van der Waals surface area contributed by atoms with E-state index in [2.05, 4.69) is 20.8 Å². The highest BCUT2D eigenvalue weighted by atomic mass is 79.9. The minimum atomic E-state index is 0.0396. The minimum Gasteiger partial charge on any atom is -0.303 e. The highest BCUT2D eigenvalue weighted by molar-refractivity contribution is 9.10. The molecule has 0 N–H and O–H groups in total. The summed E-state index contributed by atoms with van der Waals surface area (Å²) in [6, 6.07) is 19.0. The SMILES string of the molecule is O=C(CCN1CCC(C(=O)c2ccc(Br)c3ccccc23)CC1)c1ccc(Cl)cc1. The molecule has 3 nitrogen and oxygen atoms in total. The quantitative estimate of drug-likeness (QED) is 0.379. The third-order valence-electron chi connectivity index (χ3n) is 5.92. The van der Waals surface area contributed by atoms with Crippen LogP contribution in [0.15, 0.2) is 65.1 Å². The van der Waals surface area contributed by atoms with E-state index < -0.39 is 0 Å². The molecule has 4 rings (SSSR count). The van der Waals surface area contributed by atoms with E-state index in [-0.39, 0.29) is 17.5 Å². The summed E-state index contributed by atoms with van der Waals surface area (Å²) in [6.45, 7) is 2.42. The van der Waals surface area contributed by atoms with Gasteiger partial charge in [0.1, 0.15) is 0 Å². The highest BCUT2D eigenvalue weighted by Gasteiger charge is 2.27. The minimum absolute atomic E-state index is 0.0396. The molecule has 5 heteroatoms. The number of Topliss-reactive ketones (excluding diaryl/α,β-unsaturated/α-hetero) is 2. The normalized spacial score (nSPS) is 15.4. The van der Waals surface area contributed by atoms with E-state index in [9.17, 15) is 9.59 Å². The summed E-state index contributed by atoms with van der Waals surface area (Å²) in [5.74, 6) is 0.402. The largest absolute Gasteiger partial charge is 0.303 e. The average Bonchev–Trinajstić information content (AvgIpc) is 2.78. The summed E-state index contributed by atoms with van der Waals surface area (Å²) in [5, 5.41) is 2.71.